The third kappa shape index (κ3) is 3.97. The molecule has 1 aliphatic heterocycles. The molecule has 1 fully saturated rings. The summed E-state index contributed by atoms with van der Waals surface area (Å²) in [5.74, 6) is 1.24. The van der Waals surface area contributed by atoms with Crippen LogP contribution in [0.5, 0.6) is 5.75 Å². The molecule has 1 N–H and O–H groups in total. The van der Waals surface area contributed by atoms with Gasteiger partial charge in [-0.15, -0.1) is 11.3 Å². The molecular weight excluding hydrogens is 320 g/mol. The van der Waals surface area contributed by atoms with Crippen molar-refractivity contribution in [2.24, 2.45) is 0 Å². The van der Waals surface area contributed by atoms with Crippen molar-refractivity contribution < 1.29 is 9.53 Å². The largest absolute Gasteiger partial charge is 0.495 e. The smallest absolute Gasteiger partial charge is 0.265 e. The lowest BCUT2D eigenvalue weighted by Gasteiger charge is -2.16. The Balaban J connectivity index is 1.46. The van der Waals surface area contributed by atoms with E-state index in [1.807, 2.05) is 13.0 Å². The fourth-order valence-electron chi connectivity index (χ4n) is 3.24. The SMILES string of the molecule is COc1cc(C)sc1C(=O)NCCN1CCC(c2ccccc2)C1. The zero-order valence-electron chi connectivity index (χ0n) is 14.2. The van der Waals surface area contributed by atoms with Crippen LogP contribution in [0.4, 0.5) is 0 Å². The monoisotopic (exact) mass is 344 g/mol. The third-order valence-electron chi connectivity index (χ3n) is 4.50. The first-order valence-electron chi connectivity index (χ1n) is 8.37. The van der Waals surface area contributed by atoms with Crippen LogP contribution in [-0.2, 0) is 0 Å². The van der Waals surface area contributed by atoms with E-state index in [4.69, 9.17) is 4.74 Å². The van der Waals surface area contributed by atoms with Crippen molar-refractivity contribution in [1.82, 2.24) is 10.2 Å². The summed E-state index contributed by atoms with van der Waals surface area (Å²) in [6.07, 6.45) is 1.19. The molecule has 5 heteroatoms. The summed E-state index contributed by atoms with van der Waals surface area (Å²) < 4.78 is 5.27. The Bertz CT molecular complexity index is 684. The van der Waals surface area contributed by atoms with Crippen LogP contribution in [0.15, 0.2) is 36.4 Å². The highest BCUT2D eigenvalue weighted by atomic mass is 32.1. The van der Waals surface area contributed by atoms with Gasteiger partial charge in [-0.3, -0.25) is 4.79 Å². The minimum Gasteiger partial charge on any atom is -0.495 e. The molecule has 2 heterocycles. The summed E-state index contributed by atoms with van der Waals surface area (Å²) in [5, 5.41) is 3.02. The predicted molar refractivity (Wildman–Crippen MR) is 98.2 cm³/mol. The van der Waals surface area contributed by atoms with Crippen molar-refractivity contribution in [1.29, 1.82) is 0 Å². The van der Waals surface area contributed by atoms with Gasteiger partial charge >= 0.3 is 0 Å². The van der Waals surface area contributed by atoms with Gasteiger partial charge in [0, 0.05) is 24.5 Å². The minimum atomic E-state index is -0.0382. The molecule has 1 aromatic carbocycles. The predicted octanol–water partition coefficient (Wildman–Crippen LogP) is 3.28. The number of amides is 1. The maximum absolute atomic E-state index is 12.3. The molecule has 2 aromatic rings. The summed E-state index contributed by atoms with van der Waals surface area (Å²) in [5.41, 5.74) is 1.42. The molecule has 0 spiro atoms. The molecule has 4 nitrogen and oxygen atoms in total. The molecule has 1 saturated heterocycles. The molecule has 3 rings (SSSR count). The van der Waals surface area contributed by atoms with E-state index < -0.39 is 0 Å². The van der Waals surface area contributed by atoms with Crippen LogP contribution in [0.3, 0.4) is 0 Å². The van der Waals surface area contributed by atoms with Gasteiger partial charge in [0.05, 0.1) is 7.11 Å². The minimum absolute atomic E-state index is 0.0382. The van der Waals surface area contributed by atoms with Gasteiger partial charge in [0.25, 0.3) is 5.91 Å². The molecule has 0 saturated carbocycles. The van der Waals surface area contributed by atoms with Crippen LogP contribution >= 0.6 is 11.3 Å². The second-order valence-corrected chi connectivity index (χ2v) is 7.46. The zero-order valence-corrected chi connectivity index (χ0v) is 15.1. The number of rotatable bonds is 6. The van der Waals surface area contributed by atoms with Gasteiger partial charge in [0.1, 0.15) is 10.6 Å². The number of nitrogens with zero attached hydrogens (tertiary/aromatic N) is 1. The van der Waals surface area contributed by atoms with E-state index in [0.29, 0.717) is 23.1 Å². The number of methoxy groups -OCH3 is 1. The van der Waals surface area contributed by atoms with Gasteiger partial charge in [-0.1, -0.05) is 30.3 Å². The first-order chi connectivity index (χ1) is 11.7. The fraction of sp³-hybridized carbons (Fsp3) is 0.421. The molecule has 128 valence electrons. The molecule has 0 bridgehead atoms. The van der Waals surface area contributed by atoms with Gasteiger partial charge in [-0.25, -0.2) is 0 Å². The highest BCUT2D eigenvalue weighted by molar-refractivity contribution is 7.14. The topological polar surface area (TPSA) is 41.6 Å². The van der Waals surface area contributed by atoms with Crippen LogP contribution in [0.25, 0.3) is 0 Å². The number of carbonyl (C=O) groups is 1. The lowest BCUT2D eigenvalue weighted by atomic mass is 9.99. The Morgan fingerprint density at radius 1 is 1.38 bits per heavy atom. The number of thiophene rings is 1. The number of hydrogen-bond acceptors (Lipinski definition) is 4. The first-order valence-corrected chi connectivity index (χ1v) is 9.19. The molecule has 1 amide bonds. The van der Waals surface area contributed by atoms with Gasteiger partial charge in [-0.2, -0.15) is 0 Å². The molecule has 0 radical (unpaired) electrons. The normalized spacial score (nSPS) is 17.8. The van der Waals surface area contributed by atoms with E-state index >= 15 is 0 Å². The van der Waals surface area contributed by atoms with Gasteiger partial charge in [0.2, 0.25) is 0 Å². The molecular formula is C19H24N2O2S. The highest BCUT2D eigenvalue weighted by Crippen LogP contribution is 2.28. The van der Waals surface area contributed by atoms with E-state index in [-0.39, 0.29) is 5.91 Å². The Morgan fingerprint density at radius 3 is 2.92 bits per heavy atom. The Kier molecular flexibility index (Phi) is 5.53. The second kappa shape index (κ2) is 7.81. The number of benzene rings is 1. The molecule has 1 atom stereocenters. The molecule has 24 heavy (non-hydrogen) atoms. The maximum atomic E-state index is 12.3. The van der Waals surface area contributed by atoms with Crippen LogP contribution < -0.4 is 10.1 Å². The average molecular weight is 344 g/mol. The van der Waals surface area contributed by atoms with Crippen molar-refractivity contribution in [2.45, 2.75) is 19.3 Å². The number of likely N-dealkylation sites (tertiary alicyclic amines) is 1. The Morgan fingerprint density at radius 2 is 2.17 bits per heavy atom. The lowest BCUT2D eigenvalue weighted by molar-refractivity contribution is 0.0951. The Labute approximate surface area is 147 Å². The van der Waals surface area contributed by atoms with Crippen molar-refractivity contribution in [3.8, 4) is 5.75 Å². The van der Waals surface area contributed by atoms with Crippen molar-refractivity contribution in [3.05, 3.63) is 51.7 Å². The van der Waals surface area contributed by atoms with Crippen LogP contribution in [0.1, 0.15) is 32.5 Å². The summed E-state index contributed by atoms with van der Waals surface area (Å²) >= 11 is 1.48. The zero-order chi connectivity index (χ0) is 16.9. The highest BCUT2D eigenvalue weighted by Gasteiger charge is 2.23. The maximum Gasteiger partial charge on any atom is 0.265 e. The average Bonchev–Trinajstić information content (AvgIpc) is 3.22. The Hall–Kier alpha value is -1.85. The number of aryl methyl sites for hydroxylation is 1. The summed E-state index contributed by atoms with van der Waals surface area (Å²) in [6.45, 7) is 5.71. The van der Waals surface area contributed by atoms with Crippen molar-refractivity contribution in [3.63, 3.8) is 0 Å². The fourth-order valence-corrected chi connectivity index (χ4v) is 4.14. The second-order valence-electron chi connectivity index (χ2n) is 6.21. The lowest BCUT2D eigenvalue weighted by Crippen LogP contribution is -2.33. The summed E-state index contributed by atoms with van der Waals surface area (Å²) in [7, 11) is 1.60. The van der Waals surface area contributed by atoms with E-state index in [1.165, 1.54) is 23.3 Å². The van der Waals surface area contributed by atoms with Crippen LogP contribution in [-0.4, -0.2) is 44.1 Å². The van der Waals surface area contributed by atoms with E-state index in [0.717, 1.165) is 24.5 Å². The van der Waals surface area contributed by atoms with Gasteiger partial charge < -0.3 is 15.0 Å². The van der Waals surface area contributed by atoms with Crippen molar-refractivity contribution >= 4 is 17.2 Å². The van der Waals surface area contributed by atoms with Crippen LogP contribution in [0, 0.1) is 6.92 Å². The number of hydrogen-bond donors (Lipinski definition) is 1. The molecule has 0 aliphatic carbocycles. The molecule has 1 aliphatic rings. The van der Waals surface area contributed by atoms with Crippen molar-refractivity contribution in [2.75, 3.05) is 33.3 Å². The first kappa shape index (κ1) is 17.0. The number of nitrogens with one attached hydrogen (secondary N) is 1. The number of ether oxygens (including phenoxy) is 1. The van der Waals surface area contributed by atoms with E-state index in [1.54, 1.807) is 7.11 Å². The molecule has 1 aromatic heterocycles. The van der Waals surface area contributed by atoms with Gasteiger partial charge in [0.15, 0.2) is 0 Å². The standard InChI is InChI=1S/C19H24N2O2S/c1-14-12-17(23-2)18(24-14)19(22)20-9-11-21-10-8-16(13-21)15-6-4-3-5-7-15/h3-7,12,16H,8-11,13H2,1-2H3,(H,20,22). The molecule has 1 unspecified atom stereocenters. The van der Waals surface area contributed by atoms with Crippen LogP contribution in [0.2, 0.25) is 0 Å². The number of carbonyl (C=O) groups excluding carboxylic acids is 1. The summed E-state index contributed by atoms with van der Waals surface area (Å²) in [4.78, 5) is 16.5. The summed E-state index contributed by atoms with van der Waals surface area (Å²) in [6, 6.07) is 12.6. The van der Waals surface area contributed by atoms with Gasteiger partial charge in [-0.05, 0) is 37.4 Å². The van der Waals surface area contributed by atoms with E-state index in [9.17, 15) is 4.79 Å². The van der Waals surface area contributed by atoms with E-state index in [2.05, 4.69) is 40.5 Å². The third-order valence-corrected chi connectivity index (χ3v) is 5.53. The quantitative estimate of drug-likeness (QED) is 0.874.